The van der Waals surface area contributed by atoms with E-state index in [9.17, 15) is 8.78 Å². The smallest absolute Gasteiger partial charge is 0.287 e. The molecule has 0 bridgehead atoms. The molecule has 0 amide bonds. The largest absolute Gasteiger partial charge is 0.390 e. The van der Waals surface area contributed by atoms with Crippen LogP contribution >= 0.6 is 0 Å². The van der Waals surface area contributed by atoms with Gasteiger partial charge in [-0.2, -0.15) is 15.0 Å². The first-order chi connectivity index (χ1) is 8.88. The SMILES string of the molecule is CCNc1nc(NCC(F)(F)CO)nc(N(C)C)n1. The fourth-order valence-electron chi connectivity index (χ4n) is 1.15. The minimum absolute atomic E-state index is 0.0303. The molecular weight excluding hydrogens is 258 g/mol. The van der Waals surface area contributed by atoms with Crippen LogP contribution in [0.4, 0.5) is 26.6 Å². The van der Waals surface area contributed by atoms with Crippen LogP contribution in [0.2, 0.25) is 0 Å². The highest BCUT2D eigenvalue weighted by Gasteiger charge is 2.27. The molecule has 3 N–H and O–H groups in total. The number of alkyl halides is 2. The highest BCUT2D eigenvalue weighted by atomic mass is 19.3. The molecule has 0 fully saturated rings. The molecule has 0 unspecified atom stereocenters. The number of anilines is 3. The second kappa shape index (κ2) is 6.41. The van der Waals surface area contributed by atoms with Gasteiger partial charge in [-0.1, -0.05) is 0 Å². The molecule has 1 heterocycles. The van der Waals surface area contributed by atoms with Crippen molar-refractivity contribution in [3.05, 3.63) is 0 Å². The Morgan fingerprint density at radius 2 is 1.74 bits per heavy atom. The minimum atomic E-state index is -3.22. The van der Waals surface area contributed by atoms with Crippen molar-refractivity contribution in [2.75, 3.05) is 49.3 Å². The standard InChI is InChI=1S/C10H18F2N6O/c1-4-13-7-15-8(14-5-10(11,12)6-19)17-9(16-7)18(2)3/h19H,4-6H2,1-3H3,(H2,13,14,15,16,17). The molecule has 0 saturated carbocycles. The Morgan fingerprint density at radius 1 is 1.16 bits per heavy atom. The molecule has 1 aromatic heterocycles. The number of nitrogens with one attached hydrogen (secondary N) is 2. The van der Waals surface area contributed by atoms with Crippen molar-refractivity contribution >= 4 is 17.8 Å². The van der Waals surface area contributed by atoms with Crippen LogP contribution in [0.1, 0.15) is 6.92 Å². The lowest BCUT2D eigenvalue weighted by Crippen LogP contribution is -2.31. The number of aliphatic hydroxyl groups is 1. The number of hydrogen-bond donors (Lipinski definition) is 3. The van der Waals surface area contributed by atoms with Gasteiger partial charge in [-0.15, -0.1) is 0 Å². The van der Waals surface area contributed by atoms with Crippen LogP contribution in [0.15, 0.2) is 0 Å². The summed E-state index contributed by atoms with van der Waals surface area (Å²) >= 11 is 0. The zero-order valence-corrected chi connectivity index (χ0v) is 11.1. The third kappa shape index (κ3) is 4.78. The third-order valence-corrected chi connectivity index (χ3v) is 2.09. The van der Waals surface area contributed by atoms with Crippen molar-refractivity contribution in [2.24, 2.45) is 0 Å². The summed E-state index contributed by atoms with van der Waals surface area (Å²) in [7, 11) is 3.47. The predicted molar refractivity (Wildman–Crippen MR) is 68.8 cm³/mol. The number of nitrogens with zero attached hydrogens (tertiary/aromatic N) is 4. The summed E-state index contributed by atoms with van der Waals surface area (Å²) in [4.78, 5) is 13.7. The van der Waals surface area contributed by atoms with Crippen LogP contribution in [-0.2, 0) is 0 Å². The second-order valence-corrected chi connectivity index (χ2v) is 4.07. The summed E-state index contributed by atoms with van der Waals surface area (Å²) in [5, 5.41) is 13.8. The predicted octanol–water partition coefficient (Wildman–Crippen LogP) is 0.409. The summed E-state index contributed by atoms with van der Waals surface area (Å²) in [5.74, 6) is -2.54. The fourth-order valence-corrected chi connectivity index (χ4v) is 1.15. The number of aliphatic hydroxyl groups excluding tert-OH is 1. The van der Waals surface area contributed by atoms with Crippen molar-refractivity contribution < 1.29 is 13.9 Å². The Morgan fingerprint density at radius 3 is 2.21 bits per heavy atom. The topological polar surface area (TPSA) is 86.2 Å². The normalized spacial score (nSPS) is 11.3. The molecule has 0 radical (unpaired) electrons. The van der Waals surface area contributed by atoms with Crippen LogP contribution in [0, 0.1) is 0 Å². The highest BCUT2D eigenvalue weighted by molar-refractivity contribution is 5.42. The molecule has 0 atom stereocenters. The van der Waals surface area contributed by atoms with E-state index < -0.39 is 19.1 Å². The van der Waals surface area contributed by atoms with E-state index in [4.69, 9.17) is 5.11 Å². The maximum Gasteiger partial charge on any atom is 0.287 e. The third-order valence-electron chi connectivity index (χ3n) is 2.09. The Bertz CT molecular complexity index is 415. The minimum Gasteiger partial charge on any atom is -0.390 e. The summed E-state index contributed by atoms with van der Waals surface area (Å²) < 4.78 is 25.9. The molecule has 1 aromatic rings. The lowest BCUT2D eigenvalue weighted by atomic mass is 10.3. The van der Waals surface area contributed by atoms with Gasteiger partial charge in [-0.25, -0.2) is 8.78 Å². The van der Waals surface area contributed by atoms with Gasteiger partial charge in [0.05, 0.1) is 6.54 Å². The zero-order valence-electron chi connectivity index (χ0n) is 11.1. The van der Waals surface area contributed by atoms with E-state index in [1.807, 2.05) is 6.92 Å². The van der Waals surface area contributed by atoms with E-state index in [2.05, 4.69) is 25.6 Å². The molecular formula is C10H18F2N6O. The lowest BCUT2D eigenvalue weighted by Gasteiger charge is -2.16. The molecule has 0 saturated heterocycles. The molecule has 19 heavy (non-hydrogen) atoms. The number of hydrogen-bond acceptors (Lipinski definition) is 7. The zero-order chi connectivity index (χ0) is 14.5. The van der Waals surface area contributed by atoms with E-state index in [1.54, 1.807) is 19.0 Å². The quantitative estimate of drug-likeness (QED) is 0.665. The fraction of sp³-hybridized carbons (Fsp3) is 0.700. The van der Waals surface area contributed by atoms with Crippen molar-refractivity contribution in [2.45, 2.75) is 12.8 Å². The van der Waals surface area contributed by atoms with Gasteiger partial charge in [-0.05, 0) is 6.92 Å². The van der Waals surface area contributed by atoms with Crippen LogP contribution in [-0.4, -0.2) is 59.8 Å². The van der Waals surface area contributed by atoms with Crippen molar-refractivity contribution in [3.8, 4) is 0 Å². The molecule has 1 rings (SSSR count). The first kappa shape index (κ1) is 15.3. The first-order valence-corrected chi connectivity index (χ1v) is 5.78. The van der Waals surface area contributed by atoms with E-state index in [-0.39, 0.29) is 5.95 Å². The summed E-state index contributed by atoms with van der Waals surface area (Å²) in [6, 6.07) is 0. The summed E-state index contributed by atoms with van der Waals surface area (Å²) in [6.45, 7) is 0.493. The summed E-state index contributed by atoms with van der Waals surface area (Å²) in [5.41, 5.74) is 0. The molecule has 0 spiro atoms. The van der Waals surface area contributed by atoms with E-state index in [0.717, 1.165) is 0 Å². The Labute approximate surface area is 110 Å². The maximum absolute atomic E-state index is 12.9. The van der Waals surface area contributed by atoms with Crippen molar-refractivity contribution in [1.29, 1.82) is 0 Å². The molecule has 0 aliphatic heterocycles. The Kier molecular flexibility index (Phi) is 5.16. The highest BCUT2D eigenvalue weighted by Crippen LogP contribution is 2.15. The van der Waals surface area contributed by atoms with Crippen molar-refractivity contribution in [1.82, 2.24) is 15.0 Å². The average molecular weight is 276 g/mol. The molecule has 108 valence electrons. The van der Waals surface area contributed by atoms with Gasteiger partial charge in [0.25, 0.3) is 5.92 Å². The van der Waals surface area contributed by atoms with Gasteiger partial charge in [-0.3, -0.25) is 0 Å². The van der Waals surface area contributed by atoms with E-state index in [1.165, 1.54) is 0 Å². The van der Waals surface area contributed by atoms with Gasteiger partial charge >= 0.3 is 0 Å². The molecule has 0 aliphatic carbocycles. The van der Waals surface area contributed by atoms with E-state index >= 15 is 0 Å². The molecule has 0 aliphatic rings. The second-order valence-electron chi connectivity index (χ2n) is 4.07. The number of rotatable bonds is 7. The van der Waals surface area contributed by atoms with E-state index in [0.29, 0.717) is 18.4 Å². The van der Waals surface area contributed by atoms with Gasteiger partial charge in [0.2, 0.25) is 17.8 Å². The van der Waals surface area contributed by atoms with Crippen LogP contribution in [0.5, 0.6) is 0 Å². The maximum atomic E-state index is 12.9. The number of halogens is 2. The monoisotopic (exact) mass is 276 g/mol. The first-order valence-electron chi connectivity index (χ1n) is 5.78. The number of aromatic nitrogens is 3. The lowest BCUT2D eigenvalue weighted by molar-refractivity contribution is -0.0374. The molecule has 0 aromatic carbocycles. The van der Waals surface area contributed by atoms with Gasteiger partial charge in [0.15, 0.2) is 0 Å². The van der Waals surface area contributed by atoms with Crippen LogP contribution in [0.25, 0.3) is 0 Å². The van der Waals surface area contributed by atoms with Gasteiger partial charge in [0, 0.05) is 20.6 Å². The Balaban J connectivity index is 2.87. The molecule has 7 nitrogen and oxygen atoms in total. The summed E-state index contributed by atoms with van der Waals surface area (Å²) in [6.07, 6.45) is 0. The van der Waals surface area contributed by atoms with Gasteiger partial charge in [0.1, 0.15) is 6.61 Å². The average Bonchev–Trinajstić information content (AvgIpc) is 2.37. The Hall–Kier alpha value is -1.77. The molecule has 9 heteroatoms. The van der Waals surface area contributed by atoms with Crippen LogP contribution < -0.4 is 15.5 Å². The van der Waals surface area contributed by atoms with Crippen molar-refractivity contribution in [3.63, 3.8) is 0 Å². The van der Waals surface area contributed by atoms with Gasteiger partial charge < -0.3 is 20.6 Å². The van der Waals surface area contributed by atoms with Crippen LogP contribution in [0.3, 0.4) is 0 Å².